The molecule has 2 amide bonds. The summed E-state index contributed by atoms with van der Waals surface area (Å²) in [5.41, 5.74) is 0.514. The minimum Gasteiger partial charge on any atom is -0.388 e. The van der Waals surface area contributed by atoms with Gasteiger partial charge in [-0.25, -0.2) is 4.79 Å². The molecule has 0 bridgehead atoms. The molecule has 2 rings (SSSR count). The first-order chi connectivity index (χ1) is 12.0. The second kappa shape index (κ2) is 8.62. The van der Waals surface area contributed by atoms with Gasteiger partial charge in [-0.3, -0.25) is 0 Å². The van der Waals surface area contributed by atoms with E-state index < -0.39 is 5.60 Å². The number of rotatable bonds is 8. The summed E-state index contributed by atoms with van der Waals surface area (Å²) in [6.07, 6.45) is 3.06. The van der Waals surface area contributed by atoms with Crippen LogP contribution in [-0.4, -0.2) is 33.4 Å². The van der Waals surface area contributed by atoms with E-state index in [0.29, 0.717) is 30.2 Å². The lowest BCUT2D eigenvalue weighted by atomic mass is 9.93. The average molecular weight is 346 g/mol. The zero-order valence-electron chi connectivity index (χ0n) is 15.0. The van der Waals surface area contributed by atoms with E-state index in [4.69, 9.17) is 4.52 Å². The van der Waals surface area contributed by atoms with E-state index in [2.05, 4.69) is 20.8 Å². The molecule has 0 aliphatic rings. The van der Waals surface area contributed by atoms with Gasteiger partial charge in [0.1, 0.15) is 0 Å². The third-order valence-electron chi connectivity index (χ3n) is 3.91. The molecule has 0 radical (unpaired) electrons. The highest BCUT2D eigenvalue weighted by Gasteiger charge is 2.25. The fraction of sp³-hybridized carbons (Fsp3) is 0.500. The number of benzene rings is 1. The van der Waals surface area contributed by atoms with Crippen molar-refractivity contribution < 1.29 is 14.4 Å². The van der Waals surface area contributed by atoms with E-state index in [1.54, 1.807) is 25.1 Å². The topological polar surface area (TPSA) is 100 Å². The molecule has 2 aromatic rings. The van der Waals surface area contributed by atoms with Gasteiger partial charge in [0.05, 0.1) is 5.60 Å². The molecule has 0 aliphatic heterocycles. The Balaban J connectivity index is 1.96. The van der Waals surface area contributed by atoms with E-state index in [9.17, 15) is 9.90 Å². The number of aromatic nitrogens is 2. The van der Waals surface area contributed by atoms with Crippen molar-refractivity contribution in [3.8, 4) is 11.4 Å². The van der Waals surface area contributed by atoms with Crippen LogP contribution >= 0.6 is 0 Å². The number of hydrogen-bond donors (Lipinski definition) is 3. The Labute approximate surface area is 147 Å². The molecular formula is C18H26N4O3. The summed E-state index contributed by atoms with van der Waals surface area (Å²) in [5.74, 6) is 0.957. The first-order valence-electron chi connectivity index (χ1n) is 8.64. The maximum Gasteiger partial charge on any atom is 0.319 e. The first kappa shape index (κ1) is 18.9. The van der Waals surface area contributed by atoms with Crippen LogP contribution in [0.3, 0.4) is 0 Å². The second-order valence-corrected chi connectivity index (χ2v) is 6.25. The molecule has 1 aromatic heterocycles. The fourth-order valence-electron chi connectivity index (χ4n) is 2.81. The van der Waals surface area contributed by atoms with Crippen LogP contribution in [0, 0.1) is 6.92 Å². The van der Waals surface area contributed by atoms with Crippen LogP contribution in [-0.2, 0) is 0 Å². The highest BCUT2D eigenvalue weighted by Crippen LogP contribution is 2.21. The van der Waals surface area contributed by atoms with E-state index in [1.165, 1.54) is 0 Å². The Kier molecular flexibility index (Phi) is 6.52. The third kappa shape index (κ3) is 5.56. The standard InChI is InChI=1S/C18H26N4O3/c1-4-9-18(24,10-5-2)12-19-17(23)21-15-8-6-7-14(11-15)16-20-13(3)25-22-16/h6-8,11,24H,4-5,9-10,12H2,1-3H3,(H2,19,21,23). The van der Waals surface area contributed by atoms with Gasteiger partial charge in [-0.2, -0.15) is 4.98 Å². The quantitative estimate of drug-likeness (QED) is 0.679. The number of carbonyl (C=O) groups is 1. The van der Waals surface area contributed by atoms with E-state index in [0.717, 1.165) is 18.4 Å². The first-order valence-corrected chi connectivity index (χ1v) is 8.64. The van der Waals surface area contributed by atoms with Gasteiger partial charge in [0.15, 0.2) is 0 Å². The van der Waals surface area contributed by atoms with E-state index in [-0.39, 0.29) is 12.6 Å². The number of nitrogens with zero attached hydrogens (tertiary/aromatic N) is 2. The molecular weight excluding hydrogens is 320 g/mol. The molecule has 3 N–H and O–H groups in total. The maximum absolute atomic E-state index is 12.1. The lowest BCUT2D eigenvalue weighted by Gasteiger charge is -2.27. The summed E-state index contributed by atoms with van der Waals surface area (Å²) in [4.78, 5) is 16.3. The molecule has 136 valence electrons. The molecule has 0 fully saturated rings. The number of aryl methyl sites for hydroxylation is 1. The van der Waals surface area contributed by atoms with Crippen molar-refractivity contribution in [2.75, 3.05) is 11.9 Å². The smallest absolute Gasteiger partial charge is 0.319 e. The number of nitrogens with one attached hydrogen (secondary N) is 2. The summed E-state index contributed by atoms with van der Waals surface area (Å²) in [7, 11) is 0. The van der Waals surface area contributed by atoms with Crippen molar-refractivity contribution in [2.45, 2.75) is 52.1 Å². The zero-order chi connectivity index (χ0) is 18.3. The van der Waals surface area contributed by atoms with Gasteiger partial charge in [0, 0.05) is 24.7 Å². The van der Waals surface area contributed by atoms with Crippen molar-refractivity contribution >= 4 is 11.7 Å². The Bertz CT molecular complexity index is 693. The van der Waals surface area contributed by atoms with Crippen LogP contribution in [0.1, 0.15) is 45.4 Å². The van der Waals surface area contributed by atoms with Gasteiger partial charge >= 0.3 is 6.03 Å². The summed E-state index contributed by atoms with van der Waals surface area (Å²) in [6.45, 7) is 5.99. The number of hydrogen-bond acceptors (Lipinski definition) is 5. The minimum atomic E-state index is -0.856. The molecule has 7 nitrogen and oxygen atoms in total. The van der Waals surface area contributed by atoms with Crippen molar-refractivity contribution in [1.82, 2.24) is 15.5 Å². The molecule has 0 saturated carbocycles. The Morgan fingerprint density at radius 3 is 2.60 bits per heavy atom. The van der Waals surface area contributed by atoms with Gasteiger partial charge in [-0.15, -0.1) is 0 Å². The normalized spacial score (nSPS) is 11.4. The second-order valence-electron chi connectivity index (χ2n) is 6.25. The minimum absolute atomic E-state index is 0.226. The molecule has 0 unspecified atom stereocenters. The number of amides is 2. The Morgan fingerprint density at radius 1 is 1.28 bits per heavy atom. The van der Waals surface area contributed by atoms with Crippen LogP contribution in [0.4, 0.5) is 10.5 Å². The van der Waals surface area contributed by atoms with Crippen LogP contribution in [0.15, 0.2) is 28.8 Å². The molecule has 0 saturated heterocycles. The van der Waals surface area contributed by atoms with Crippen molar-refractivity contribution in [2.24, 2.45) is 0 Å². The molecule has 0 aliphatic carbocycles. The molecule has 7 heteroatoms. The largest absolute Gasteiger partial charge is 0.388 e. The SMILES string of the molecule is CCCC(O)(CCC)CNC(=O)Nc1cccc(-c2noc(C)n2)c1. The number of anilines is 1. The number of carbonyl (C=O) groups excluding carboxylic acids is 1. The lowest BCUT2D eigenvalue weighted by Crippen LogP contribution is -2.44. The lowest BCUT2D eigenvalue weighted by molar-refractivity contribution is 0.0245. The highest BCUT2D eigenvalue weighted by atomic mass is 16.5. The van der Waals surface area contributed by atoms with E-state index >= 15 is 0 Å². The van der Waals surface area contributed by atoms with Crippen LogP contribution < -0.4 is 10.6 Å². The molecule has 25 heavy (non-hydrogen) atoms. The van der Waals surface area contributed by atoms with Gasteiger partial charge < -0.3 is 20.3 Å². The molecule has 1 aromatic carbocycles. The number of urea groups is 1. The highest BCUT2D eigenvalue weighted by molar-refractivity contribution is 5.89. The average Bonchev–Trinajstić information content (AvgIpc) is 3.00. The predicted octanol–water partition coefficient (Wildman–Crippen LogP) is 3.50. The summed E-state index contributed by atoms with van der Waals surface area (Å²) in [6, 6.07) is 6.84. The van der Waals surface area contributed by atoms with Crippen molar-refractivity contribution in [3.63, 3.8) is 0 Å². The predicted molar refractivity (Wildman–Crippen MR) is 96.3 cm³/mol. The van der Waals surface area contributed by atoms with Gasteiger partial charge in [0.25, 0.3) is 0 Å². The summed E-state index contributed by atoms with van der Waals surface area (Å²) in [5, 5.41) is 19.9. The van der Waals surface area contributed by atoms with Crippen molar-refractivity contribution in [3.05, 3.63) is 30.2 Å². The van der Waals surface area contributed by atoms with Gasteiger partial charge in [-0.1, -0.05) is 44.0 Å². The van der Waals surface area contributed by atoms with Crippen LogP contribution in [0.5, 0.6) is 0 Å². The Hall–Kier alpha value is -2.41. The third-order valence-corrected chi connectivity index (χ3v) is 3.91. The van der Waals surface area contributed by atoms with Gasteiger partial charge in [0.2, 0.25) is 11.7 Å². The maximum atomic E-state index is 12.1. The van der Waals surface area contributed by atoms with Crippen molar-refractivity contribution in [1.29, 1.82) is 0 Å². The van der Waals surface area contributed by atoms with Crippen LogP contribution in [0.2, 0.25) is 0 Å². The zero-order valence-corrected chi connectivity index (χ0v) is 15.0. The fourth-order valence-corrected chi connectivity index (χ4v) is 2.81. The van der Waals surface area contributed by atoms with E-state index in [1.807, 2.05) is 19.9 Å². The summed E-state index contributed by atoms with van der Waals surface area (Å²) < 4.78 is 4.97. The summed E-state index contributed by atoms with van der Waals surface area (Å²) >= 11 is 0. The monoisotopic (exact) mass is 346 g/mol. The molecule has 0 atom stereocenters. The molecule has 0 spiro atoms. The van der Waals surface area contributed by atoms with Crippen LogP contribution in [0.25, 0.3) is 11.4 Å². The van der Waals surface area contributed by atoms with Gasteiger partial charge in [-0.05, 0) is 25.0 Å². The molecule has 1 heterocycles. The Morgan fingerprint density at radius 2 is 2.00 bits per heavy atom. The number of aliphatic hydroxyl groups is 1.